The van der Waals surface area contributed by atoms with E-state index < -0.39 is 0 Å². The fraction of sp³-hybridized carbons (Fsp3) is 0.391. The zero-order chi connectivity index (χ0) is 22.0. The molecule has 7 nitrogen and oxygen atoms in total. The molecule has 1 N–H and O–H groups in total. The summed E-state index contributed by atoms with van der Waals surface area (Å²) >= 11 is 6.68. The monoisotopic (exact) mass is 439 g/mol. The number of piperazine rings is 1. The van der Waals surface area contributed by atoms with E-state index in [4.69, 9.17) is 11.6 Å². The molecule has 3 heterocycles. The van der Waals surface area contributed by atoms with Crippen molar-refractivity contribution in [1.29, 1.82) is 0 Å². The number of hydrogen-bond acceptors (Lipinski definition) is 6. The number of amides is 1. The van der Waals surface area contributed by atoms with Gasteiger partial charge in [-0.25, -0.2) is 9.98 Å². The number of carbonyl (C=O) groups excluding carboxylic acids is 2. The molecule has 0 bridgehead atoms. The molecule has 0 radical (unpaired) electrons. The van der Waals surface area contributed by atoms with Crippen molar-refractivity contribution in [1.82, 2.24) is 15.2 Å². The van der Waals surface area contributed by atoms with Crippen LogP contribution in [0.1, 0.15) is 35.0 Å². The van der Waals surface area contributed by atoms with E-state index in [1.807, 2.05) is 25.1 Å². The summed E-state index contributed by atoms with van der Waals surface area (Å²) in [7, 11) is 1.60. The lowest BCUT2D eigenvalue weighted by Gasteiger charge is -2.36. The Morgan fingerprint density at radius 1 is 1.16 bits per heavy atom. The van der Waals surface area contributed by atoms with Crippen molar-refractivity contribution in [2.75, 3.05) is 38.1 Å². The smallest absolute Gasteiger partial charge is 0.269 e. The summed E-state index contributed by atoms with van der Waals surface area (Å²) in [5.41, 5.74) is 4.77. The van der Waals surface area contributed by atoms with E-state index in [0.29, 0.717) is 29.3 Å². The number of hydrogen-bond donors (Lipinski definition) is 1. The molecule has 0 spiro atoms. The van der Waals surface area contributed by atoms with Crippen molar-refractivity contribution in [2.24, 2.45) is 4.99 Å². The van der Waals surface area contributed by atoms with E-state index in [1.165, 1.54) is 0 Å². The first-order valence-electron chi connectivity index (χ1n) is 10.6. The topological polar surface area (TPSA) is 77.9 Å². The number of anilines is 1. The molecule has 4 rings (SSSR count). The Kier molecular flexibility index (Phi) is 6.34. The zero-order valence-corrected chi connectivity index (χ0v) is 18.6. The Balaban J connectivity index is 1.39. The molecule has 1 aromatic carbocycles. The van der Waals surface area contributed by atoms with Gasteiger partial charge in [0, 0.05) is 51.8 Å². The van der Waals surface area contributed by atoms with Crippen molar-refractivity contribution in [3.05, 3.63) is 52.3 Å². The minimum Gasteiger partial charge on any atom is -0.368 e. The van der Waals surface area contributed by atoms with Gasteiger partial charge >= 0.3 is 0 Å². The van der Waals surface area contributed by atoms with E-state index in [2.05, 4.69) is 25.1 Å². The van der Waals surface area contributed by atoms with Crippen LogP contribution in [-0.4, -0.2) is 60.5 Å². The summed E-state index contributed by atoms with van der Waals surface area (Å²) in [5, 5.41) is 3.25. The van der Waals surface area contributed by atoms with Crippen molar-refractivity contribution in [3.8, 4) is 0 Å². The summed E-state index contributed by atoms with van der Waals surface area (Å²) in [6.07, 6.45) is 2.73. The summed E-state index contributed by atoms with van der Waals surface area (Å²) in [6.45, 7) is 6.21. The van der Waals surface area contributed by atoms with Crippen molar-refractivity contribution < 1.29 is 9.59 Å². The molecular weight excluding hydrogens is 414 g/mol. The van der Waals surface area contributed by atoms with Crippen LogP contribution in [0, 0.1) is 0 Å². The Bertz CT molecular complexity index is 1030. The number of ketones is 1. The van der Waals surface area contributed by atoms with Crippen LogP contribution in [0.15, 0.2) is 35.5 Å². The van der Waals surface area contributed by atoms with E-state index in [-0.39, 0.29) is 11.7 Å². The van der Waals surface area contributed by atoms with Gasteiger partial charge in [-0.15, -0.1) is 0 Å². The molecule has 1 aromatic heterocycles. The van der Waals surface area contributed by atoms with Crippen LogP contribution < -0.4 is 10.2 Å². The number of aliphatic imine (C=N–C) groups is 1. The van der Waals surface area contributed by atoms with Crippen LogP contribution in [-0.2, 0) is 17.8 Å². The van der Waals surface area contributed by atoms with Gasteiger partial charge in [0.2, 0.25) is 0 Å². The number of rotatable bonds is 5. The van der Waals surface area contributed by atoms with Crippen molar-refractivity contribution in [2.45, 2.75) is 26.3 Å². The number of benzene rings is 1. The second-order valence-corrected chi connectivity index (χ2v) is 8.17. The largest absolute Gasteiger partial charge is 0.368 e. The molecule has 31 heavy (non-hydrogen) atoms. The lowest BCUT2D eigenvalue weighted by Crippen LogP contribution is -2.46. The lowest BCUT2D eigenvalue weighted by molar-refractivity contribution is -0.112. The molecule has 2 aromatic rings. The highest BCUT2D eigenvalue weighted by Gasteiger charge is 2.24. The second-order valence-electron chi connectivity index (χ2n) is 7.79. The summed E-state index contributed by atoms with van der Waals surface area (Å²) in [5.74, 6) is -0.115. The van der Waals surface area contributed by atoms with E-state index in [0.717, 1.165) is 55.2 Å². The van der Waals surface area contributed by atoms with Gasteiger partial charge in [0.05, 0.1) is 28.3 Å². The molecule has 8 heteroatoms. The number of fused-ring (bicyclic) bond motifs is 1. The maximum atomic E-state index is 12.3. The molecule has 1 saturated heterocycles. The highest BCUT2D eigenvalue weighted by Crippen LogP contribution is 2.34. The molecule has 162 valence electrons. The van der Waals surface area contributed by atoms with Gasteiger partial charge in [0.15, 0.2) is 5.78 Å². The van der Waals surface area contributed by atoms with Crippen LogP contribution >= 0.6 is 11.6 Å². The van der Waals surface area contributed by atoms with E-state index in [1.54, 1.807) is 19.3 Å². The van der Waals surface area contributed by atoms with Crippen LogP contribution in [0.25, 0.3) is 0 Å². The Morgan fingerprint density at radius 2 is 1.94 bits per heavy atom. The van der Waals surface area contributed by atoms with Crippen LogP contribution in [0.5, 0.6) is 0 Å². The first-order chi connectivity index (χ1) is 15.0. The van der Waals surface area contributed by atoms with Gasteiger partial charge < -0.3 is 10.2 Å². The fourth-order valence-electron chi connectivity index (χ4n) is 4.04. The molecule has 1 fully saturated rings. The number of aromatic nitrogens is 1. The van der Waals surface area contributed by atoms with Crippen molar-refractivity contribution >= 4 is 40.4 Å². The Morgan fingerprint density at radius 3 is 2.58 bits per heavy atom. The quantitative estimate of drug-likeness (QED) is 0.774. The van der Waals surface area contributed by atoms with Gasteiger partial charge in [-0.2, -0.15) is 0 Å². The van der Waals surface area contributed by atoms with Gasteiger partial charge in [0.1, 0.15) is 5.69 Å². The highest BCUT2D eigenvalue weighted by molar-refractivity contribution is 6.42. The minimum absolute atomic E-state index is 0.0683. The summed E-state index contributed by atoms with van der Waals surface area (Å²) in [4.78, 5) is 37.3. The third kappa shape index (κ3) is 4.48. The average molecular weight is 440 g/mol. The van der Waals surface area contributed by atoms with Gasteiger partial charge in [-0.05, 0) is 30.2 Å². The first kappa shape index (κ1) is 21.5. The molecule has 0 aliphatic carbocycles. The second kappa shape index (κ2) is 9.16. The number of nitrogens with zero attached hydrogens (tertiary/aromatic N) is 4. The molecule has 0 unspecified atom stereocenters. The maximum Gasteiger partial charge on any atom is 0.269 e. The number of halogens is 1. The molecule has 2 aliphatic heterocycles. The van der Waals surface area contributed by atoms with E-state index >= 15 is 0 Å². The number of pyridine rings is 1. The highest BCUT2D eigenvalue weighted by atomic mass is 35.5. The summed E-state index contributed by atoms with van der Waals surface area (Å²) in [6, 6.07) is 7.70. The van der Waals surface area contributed by atoms with Crippen molar-refractivity contribution in [3.63, 3.8) is 0 Å². The number of nitrogens with one attached hydrogen (secondary N) is 1. The predicted molar refractivity (Wildman–Crippen MR) is 123 cm³/mol. The Hall–Kier alpha value is -2.77. The zero-order valence-electron chi connectivity index (χ0n) is 17.8. The normalized spacial score (nSPS) is 16.7. The van der Waals surface area contributed by atoms with Crippen LogP contribution in [0.2, 0.25) is 5.02 Å². The standard InChI is InChI=1S/C23H26ClN5O2/c1-3-18-21(30)12-17-19(27-18)6-4-15(22(17)24)14-28-8-10-29(11-9-28)16-5-7-20(26-13-16)23(31)25-2/h4-7,13H,3,8-12,14H2,1-2H3,(H,25,31). The Labute approximate surface area is 187 Å². The van der Waals surface area contributed by atoms with E-state index in [9.17, 15) is 9.59 Å². The molecular formula is C23H26ClN5O2. The number of Topliss-reactive ketones (excluding diaryl/α,β-unsaturated/α-hetero) is 1. The maximum absolute atomic E-state index is 12.3. The predicted octanol–water partition coefficient (Wildman–Crippen LogP) is 3.02. The third-order valence-corrected chi connectivity index (χ3v) is 6.36. The van der Waals surface area contributed by atoms with Gasteiger partial charge in [-0.3, -0.25) is 14.5 Å². The van der Waals surface area contributed by atoms with Crippen LogP contribution in [0.3, 0.4) is 0 Å². The summed E-state index contributed by atoms with van der Waals surface area (Å²) < 4.78 is 0. The molecule has 2 aliphatic rings. The average Bonchev–Trinajstić information content (AvgIpc) is 2.81. The van der Waals surface area contributed by atoms with Crippen LogP contribution in [0.4, 0.5) is 11.4 Å². The minimum atomic E-state index is -0.184. The molecule has 1 amide bonds. The first-order valence-corrected chi connectivity index (χ1v) is 10.9. The van der Waals surface area contributed by atoms with Gasteiger partial charge in [-0.1, -0.05) is 24.6 Å². The fourth-order valence-corrected chi connectivity index (χ4v) is 4.33. The molecule has 0 atom stereocenters. The SMILES string of the molecule is CCC1=Nc2ccc(CN3CCN(c4ccc(C(=O)NC)nc4)CC3)c(Cl)c2CC1=O. The number of carbonyl (C=O) groups is 2. The third-order valence-electron chi connectivity index (χ3n) is 5.89. The van der Waals surface area contributed by atoms with Gasteiger partial charge in [0.25, 0.3) is 5.91 Å². The lowest BCUT2D eigenvalue weighted by atomic mass is 9.97. The molecule has 0 saturated carbocycles.